The molecule has 6 nitrogen and oxygen atoms in total. The minimum atomic E-state index is -3.72. The molecule has 0 atom stereocenters. The van der Waals surface area contributed by atoms with Crippen LogP contribution in [0.2, 0.25) is 0 Å². The van der Waals surface area contributed by atoms with E-state index in [2.05, 4.69) is 0 Å². The lowest BCUT2D eigenvalue weighted by Crippen LogP contribution is -2.26. The largest absolute Gasteiger partial charge is 0.288 e. The fourth-order valence-electron chi connectivity index (χ4n) is 2.75. The van der Waals surface area contributed by atoms with E-state index in [1.807, 2.05) is 30.3 Å². The van der Waals surface area contributed by atoms with Gasteiger partial charge in [0.1, 0.15) is 0 Å². The first-order valence-corrected chi connectivity index (χ1v) is 10.2. The van der Waals surface area contributed by atoms with Gasteiger partial charge in [-0.15, -0.1) is 0 Å². The second-order valence-electron chi connectivity index (χ2n) is 6.26. The predicted octanol–water partition coefficient (Wildman–Crippen LogP) is 3.70. The third kappa shape index (κ3) is 4.71. The van der Waals surface area contributed by atoms with Crippen LogP contribution in [0.15, 0.2) is 89.8 Å². The Kier molecular flexibility index (Phi) is 6.11. The average molecular weight is 408 g/mol. The summed E-state index contributed by atoms with van der Waals surface area (Å²) in [5, 5.41) is 8.49. The van der Waals surface area contributed by atoms with Crippen molar-refractivity contribution in [3.05, 3.63) is 90.5 Å². The second kappa shape index (κ2) is 8.72. The van der Waals surface area contributed by atoms with Crippen molar-refractivity contribution < 1.29 is 18.4 Å². The summed E-state index contributed by atoms with van der Waals surface area (Å²) in [6.07, 6.45) is 2.68. The lowest BCUT2D eigenvalue weighted by molar-refractivity contribution is -0.124. The molecule has 0 saturated carbocycles. The van der Waals surface area contributed by atoms with Gasteiger partial charge in [0, 0.05) is 13.1 Å². The molecule has 0 bridgehead atoms. The van der Waals surface area contributed by atoms with Gasteiger partial charge in [-0.3, -0.25) is 14.3 Å². The van der Waals surface area contributed by atoms with Gasteiger partial charge in [-0.2, -0.15) is 0 Å². The van der Waals surface area contributed by atoms with Crippen LogP contribution in [-0.4, -0.2) is 26.6 Å². The maximum atomic E-state index is 13.0. The van der Waals surface area contributed by atoms with Crippen LogP contribution < -0.4 is 9.79 Å². The number of rotatable bonds is 6. The minimum Gasteiger partial charge on any atom is -0.288 e. The number of benzene rings is 3. The number of anilines is 1. The summed E-state index contributed by atoms with van der Waals surface area (Å²) in [5.41, 5.74) is 4.64. The Morgan fingerprint density at radius 3 is 2.07 bits per heavy atom. The second-order valence-corrected chi connectivity index (χ2v) is 8.23. The number of nitrogens with one attached hydrogen (secondary N) is 1. The van der Waals surface area contributed by atoms with Crippen molar-refractivity contribution in [1.29, 1.82) is 0 Å². The number of sulfonamides is 1. The number of carbonyl (C=O) groups is 1. The van der Waals surface area contributed by atoms with Crippen LogP contribution in [0.3, 0.4) is 0 Å². The van der Waals surface area contributed by atoms with Crippen LogP contribution in [0.4, 0.5) is 5.69 Å². The Morgan fingerprint density at radius 1 is 0.897 bits per heavy atom. The summed E-state index contributed by atoms with van der Waals surface area (Å²) in [7, 11) is -2.22. The van der Waals surface area contributed by atoms with E-state index in [1.165, 1.54) is 29.0 Å². The molecule has 0 unspecified atom stereocenters. The van der Waals surface area contributed by atoms with Crippen molar-refractivity contribution in [2.45, 2.75) is 4.90 Å². The molecule has 0 aliphatic rings. The zero-order valence-corrected chi connectivity index (χ0v) is 16.5. The summed E-state index contributed by atoms with van der Waals surface area (Å²) in [4.78, 5) is 11.2. The van der Waals surface area contributed by atoms with E-state index in [0.717, 1.165) is 11.1 Å². The number of hydroxylamine groups is 1. The molecule has 0 aliphatic carbocycles. The van der Waals surface area contributed by atoms with Gasteiger partial charge in [-0.05, 0) is 47.0 Å². The van der Waals surface area contributed by atoms with Gasteiger partial charge in [0.05, 0.1) is 10.6 Å². The van der Waals surface area contributed by atoms with E-state index in [-0.39, 0.29) is 4.90 Å². The first kappa shape index (κ1) is 20.3. The van der Waals surface area contributed by atoms with E-state index in [9.17, 15) is 13.2 Å². The Hall–Kier alpha value is -3.42. The average Bonchev–Trinajstić information content (AvgIpc) is 2.78. The highest BCUT2D eigenvalue weighted by Gasteiger charge is 2.21. The monoisotopic (exact) mass is 408 g/mol. The molecule has 1 amide bonds. The Labute approximate surface area is 169 Å². The quantitative estimate of drug-likeness (QED) is 0.370. The molecule has 3 rings (SSSR count). The maximum Gasteiger partial charge on any atom is 0.267 e. The van der Waals surface area contributed by atoms with E-state index in [4.69, 9.17) is 5.21 Å². The van der Waals surface area contributed by atoms with Crippen molar-refractivity contribution in [3.63, 3.8) is 0 Å². The summed E-state index contributed by atoms with van der Waals surface area (Å²) < 4.78 is 27.1. The molecule has 0 spiro atoms. The summed E-state index contributed by atoms with van der Waals surface area (Å²) in [6, 6.07) is 23.2. The van der Waals surface area contributed by atoms with Gasteiger partial charge in [0.15, 0.2) is 0 Å². The SMILES string of the molecule is CN(c1ccc(/C=C/C(=O)NO)cc1)S(=O)(=O)c1ccc(-c2ccccc2)cc1. The van der Waals surface area contributed by atoms with Gasteiger partial charge >= 0.3 is 0 Å². The fourth-order valence-corrected chi connectivity index (χ4v) is 3.95. The smallest absolute Gasteiger partial charge is 0.267 e. The van der Waals surface area contributed by atoms with Gasteiger partial charge in [0.2, 0.25) is 0 Å². The molecule has 0 radical (unpaired) electrons. The zero-order valence-electron chi connectivity index (χ0n) is 15.7. The van der Waals surface area contributed by atoms with Crippen molar-refractivity contribution in [2.24, 2.45) is 0 Å². The number of hydrogen-bond donors (Lipinski definition) is 2. The molecule has 0 fully saturated rings. The lowest BCUT2D eigenvalue weighted by Gasteiger charge is -2.20. The van der Waals surface area contributed by atoms with Crippen molar-refractivity contribution in [1.82, 2.24) is 5.48 Å². The molecule has 3 aromatic rings. The molecular formula is C22H20N2O4S. The molecule has 3 aromatic carbocycles. The van der Waals surface area contributed by atoms with E-state index < -0.39 is 15.9 Å². The first-order chi connectivity index (χ1) is 13.9. The highest BCUT2D eigenvalue weighted by molar-refractivity contribution is 7.92. The maximum absolute atomic E-state index is 13.0. The number of carbonyl (C=O) groups excluding carboxylic acids is 1. The van der Waals surface area contributed by atoms with Crippen LogP contribution >= 0.6 is 0 Å². The zero-order chi connectivity index (χ0) is 20.9. The third-order valence-electron chi connectivity index (χ3n) is 4.41. The van der Waals surface area contributed by atoms with E-state index >= 15 is 0 Å². The van der Waals surface area contributed by atoms with Gasteiger partial charge in [-0.1, -0.05) is 54.6 Å². The van der Waals surface area contributed by atoms with Crippen LogP contribution in [-0.2, 0) is 14.8 Å². The number of amides is 1. The normalized spacial score (nSPS) is 11.4. The molecule has 0 saturated heterocycles. The van der Waals surface area contributed by atoms with Crippen LogP contribution in [0, 0.1) is 0 Å². The van der Waals surface area contributed by atoms with Crippen molar-refractivity contribution >= 4 is 27.7 Å². The Balaban J connectivity index is 1.80. The molecule has 0 aliphatic heterocycles. The summed E-state index contributed by atoms with van der Waals surface area (Å²) >= 11 is 0. The molecule has 0 heterocycles. The molecule has 7 heteroatoms. The molecule has 148 valence electrons. The van der Waals surface area contributed by atoms with Crippen LogP contribution in [0.1, 0.15) is 5.56 Å². The topological polar surface area (TPSA) is 86.7 Å². The molecular weight excluding hydrogens is 388 g/mol. The predicted molar refractivity (Wildman–Crippen MR) is 113 cm³/mol. The molecule has 2 N–H and O–H groups in total. The molecule has 0 aromatic heterocycles. The standard InChI is InChI=1S/C22H20N2O4S/c1-24(20-12-7-17(8-13-20)9-16-22(25)23-26)29(27,28)21-14-10-19(11-15-21)18-5-3-2-4-6-18/h2-16,26H,1H3,(H,23,25)/b16-9+. The van der Waals surface area contributed by atoms with Gasteiger partial charge in [0.25, 0.3) is 15.9 Å². The summed E-state index contributed by atoms with van der Waals surface area (Å²) in [5.74, 6) is -0.646. The first-order valence-electron chi connectivity index (χ1n) is 8.78. The van der Waals surface area contributed by atoms with Crippen LogP contribution in [0.5, 0.6) is 0 Å². The number of nitrogens with zero attached hydrogens (tertiary/aromatic N) is 1. The third-order valence-corrected chi connectivity index (χ3v) is 6.21. The van der Waals surface area contributed by atoms with Gasteiger partial charge < -0.3 is 0 Å². The van der Waals surface area contributed by atoms with Crippen molar-refractivity contribution in [3.8, 4) is 11.1 Å². The number of hydrogen-bond acceptors (Lipinski definition) is 4. The lowest BCUT2D eigenvalue weighted by atomic mass is 10.1. The Morgan fingerprint density at radius 2 is 1.48 bits per heavy atom. The van der Waals surface area contributed by atoms with Crippen LogP contribution in [0.25, 0.3) is 17.2 Å². The minimum absolute atomic E-state index is 0.197. The summed E-state index contributed by atoms with van der Waals surface area (Å²) in [6.45, 7) is 0. The van der Waals surface area contributed by atoms with Crippen molar-refractivity contribution in [2.75, 3.05) is 11.4 Å². The Bertz CT molecular complexity index is 1110. The van der Waals surface area contributed by atoms with Gasteiger partial charge in [-0.25, -0.2) is 13.9 Å². The molecule has 29 heavy (non-hydrogen) atoms. The highest BCUT2D eigenvalue weighted by Crippen LogP contribution is 2.25. The van der Waals surface area contributed by atoms with E-state index in [0.29, 0.717) is 11.3 Å². The van der Waals surface area contributed by atoms with E-state index in [1.54, 1.807) is 48.5 Å². The fraction of sp³-hybridized carbons (Fsp3) is 0.0455. The highest BCUT2D eigenvalue weighted by atomic mass is 32.2.